The molecular weight excluding hydrogens is 322 g/mol. The summed E-state index contributed by atoms with van der Waals surface area (Å²) in [5.74, 6) is 0.0409. The smallest absolute Gasteiger partial charge is 0.251 e. The highest BCUT2D eigenvalue weighted by Gasteiger charge is 2.33. The van der Waals surface area contributed by atoms with E-state index in [0.29, 0.717) is 0 Å². The average molecular weight is 342 g/mol. The van der Waals surface area contributed by atoms with Gasteiger partial charge in [0.2, 0.25) is 0 Å². The Morgan fingerprint density at radius 1 is 1.42 bits per heavy atom. The molecule has 2 rings (SSSR count). The second-order valence-corrected chi connectivity index (χ2v) is 7.43. The Morgan fingerprint density at radius 3 is 2.74 bits per heavy atom. The maximum Gasteiger partial charge on any atom is 0.251 e. The van der Waals surface area contributed by atoms with Gasteiger partial charge in [-0.25, -0.2) is 0 Å². The molecule has 0 radical (unpaired) electrons. The molecule has 0 aliphatic heterocycles. The van der Waals surface area contributed by atoms with Crippen molar-refractivity contribution in [2.24, 2.45) is 0 Å². The molecule has 0 saturated heterocycles. The molecule has 104 valence electrons. The Bertz CT molecular complexity index is 469. The number of nitrogens with one attached hydrogen (secondary N) is 1. The van der Waals surface area contributed by atoms with Crippen LogP contribution >= 0.6 is 27.7 Å². The zero-order chi connectivity index (χ0) is 13.9. The van der Waals surface area contributed by atoms with E-state index in [1.54, 1.807) is 0 Å². The van der Waals surface area contributed by atoms with E-state index in [-0.39, 0.29) is 10.7 Å². The molecule has 1 aliphatic carbocycles. The number of hydrogen-bond acceptors (Lipinski definition) is 2. The van der Waals surface area contributed by atoms with Crippen molar-refractivity contribution in [1.82, 2.24) is 5.32 Å². The Hall–Kier alpha value is -0.480. The third kappa shape index (κ3) is 3.54. The van der Waals surface area contributed by atoms with Crippen molar-refractivity contribution in [1.29, 1.82) is 0 Å². The van der Waals surface area contributed by atoms with Gasteiger partial charge >= 0.3 is 0 Å². The molecule has 4 heteroatoms. The summed E-state index contributed by atoms with van der Waals surface area (Å²) < 4.78 is 1.21. The van der Waals surface area contributed by atoms with Crippen molar-refractivity contribution < 1.29 is 4.79 Å². The van der Waals surface area contributed by atoms with Crippen molar-refractivity contribution in [3.63, 3.8) is 0 Å². The monoisotopic (exact) mass is 341 g/mol. The lowest BCUT2D eigenvalue weighted by atomic mass is 10.1. The lowest BCUT2D eigenvalue weighted by Crippen LogP contribution is -2.38. The third-order valence-corrected chi connectivity index (χ3v) is 5.88. The summed E-state index contributed by atoms with van der Waals surface area (Å²) in [6, 6.07) is 5.83. The van der Waals surface area contributed by atoms with Crippen LogP contribution in [0.2, 0.25) is 0 Å². The Kier molecular flexibility index (Phi) is 4.96. The van der Waals surface area contributed by atoms with Crippen LogP contribution in [0.1, 0.15) is 41.6 Å². The number of halogens is 1. The second-order valence-electron chi connectivity index (χ2n) is 5.24. The van der Waals surface area contributed by atoms with Crippen LogP contribution in [-0.2, 0) is 0 Å². The van der Waals surface area contributed by atoms with Gasteiger partial charge in [0.15, 0.2) is 0 Å². The number of hydrogen-bond donors (Lipinski definition) is 1. The van der Waals surface area contributed by atoms with Crippen LogP contribution in [-0.4, -0.2) is 23.5 Å². The van der Waals surface area contributed by atoms with Gasteiger partial charge in [-0.15, -0.1) is 0 Å². The fourth-order valence-electron chi connectivity index (χ4n) is 2.65. The SMILES string of the molecule is CSC1(CNC(=O)c2cc(Br)ccc2C)CCCC1. The van der Waals surface area contributed by atoms with E-state index in [4.69, 9.17) is 0 Å². The molecule has 1 amide bonds. The first kappa shape index (κ1) is 14.9. The van der Waals surface area contributed by atoms with Gasteiger partial charge in [0, 0.05) is 21.3 Å². The zero-order valence-corrected chi connectivity index (χ0v) is 13.9. The molecule has 1 aliphatic rings. The minimum atomic E-state index is 0.0409. The van der Waals surface area contributed by atoms with Crippen LogP contribution in [0.3, 0.4) is 0 Å². The van der Waals surface area contributed by atoms with Gasteiger partial charge in [0.1, 0.15) is 0 Å². The van der Waals surface area contributed by atoms with Gasteiger partial charge in [-0.2, -0.15) is 11.8 Å². The molecule has 0 heterocycles. The molecule has 0 spiro atoms. The van der Waals surface area contributed by atoms with Crippen molar-refractivity contribution in [3.05, 3.63) is 33.8 Å². The van der Waals surface area contributed by atoms with Crippen LogP contribution in [0.4, 0.5) is 0 Å². The highest BCUT2D eigenvalue weighted by atomic mass is 79.9. The van der Waals surface area contributed by atoms with Crippen LogP contribution in [0, 0.1) is 6.92 Å². The number of rotatable bonds is 4. The van der Waals surface area contributed by atoms with E-state index in [0.717, 1.165) is 22.1 Å². The molecule has 1 saturated carbocycles. The topological polar surface area (TPSA) is 29.1 Å². The largest absolute Gasteiger partial charge is 0.351 e. The molecule has 0 aromatic heterocycles. The van der Waals surface area contributed by atoms with Gasteiger partial charge in [-0.1, -0.05) is 34.8 Å². The molecule has 19 heavy (non-hydrogen) atoms. The maximum atomic E-state index is 12.3. The van der Waals surface area contributed by atoms with E-state index >= 15 is 0 Å². The lowest BCUT2D eigenvalue weighted by Gasteiger charge is -2.27. The van der Waals surface area contributed by atoms with Gasteiger partial charge in [-0.3, -0.25) is 4.79 Å². The van der Waals surface area contributed by atoms with Crippen LogP contribution in [0.5, 0.6) is 0 Å². The Labute approximate surface area is 127 Å². The minimum absolute atomic E-state index is 0.0409. The number of amides is 1. The molecule has 1 aromatic carbocycles. The first-order chi connectivity index (χ1) is 9.06. The van der Waals surface area contributed by atoms with Gasteiger partial charge < -0.3 is 5.32 Å². The summed E-state index contributed by atoms with van der Waals surface area (Å²) in [5.41, 5.74) is 1.79. The summed E-state index contributed by atoms with van der Waals surface area (Å²) in [7, 11) is 0. The molecule has 0 bridgehead atoms. The van der Waals surface area contributed by atoms with E-state index in [1.807, 2.05) is 36.9 Å². The van der Waals surface area contributed by atoms with E-state index < -0.39 is 0 Å². The van der Waals surface area contributed by atoms with Crippen molar-refractivity contribution >= 4 is 33.6 Å². The first-order valence-corrected chi connectivity index (χ1v) is 8.68. The number of carbonyl (C=O) groups is 1. The first-order valence-electron chi connectivity index (χ1n) is 6.66. The summed E-state index contributed by atoms with van der Waals surface area (Å²) >= 11 is 5.32. The fourth-order valence-corrected chi connectivity index (χ4v) is 3.92. The Morgan fingerprint density at radius 2 is 2.11 bits per heavy atom. The quantitative estimate of drug-likeness (QED) is 0.890. The summed E-state index contributed by atoms with van der Waals surface area (Å²) in [5, 5.41) is 3.12. The number of aryl methyl sites for hydroxylation is 1. The second kappa shape index (κ2) is 6.31. The van der Waals surface area contributed by atoms with Crippen LogP contribution in [0.15, 0.2) is 22.7 Å². The molecule has 1 N–H and O–H groups in total. The molecule has 1 aromatic rings. The third-order valence-electron chi connectivity index (χ3n) is 3.96. The van der Waals surface area contributed by atoms with Crippen molar-refractivity contribution in [3.8, 4) is 0 Å². The standard InChI is InChI=1S/C15H20BrNOS/c1-11-5-6-12(16)9-13(11)14(18)17-10-15(19-2)7-3-4-8-15/h5-6,9H,3-4,7-8,10H2,1-2H3,(H,17,18). The van der Waals surface area contributed by atoms with Crippen molar-refractivity contribution in [2.75, 3.05) is 12.8 Å². The predicted molar refractivity (Wildman–Crippen MR) is 85.9 cm³/mol. The average Bonchev–Trinajstić information content (AvgIpc) is 2.88. The van der Waals surface area contributed by atoms with E-state index in [1.165, 1.54) is 25.7 Å². The van der Waals surface area contributed by atoms with Gasteiger partial charge in [0.25, 0.3) is 5.91 Å². The summed E-state index contributed by atoms with van der Waals surface area (Å²) in [6.07, 6.45) is 7.15. The number of carbonyl (C=O) groups excluding carboxylic acids is 1. The molecule has 1 fully saturated rings. The normalized spacial score (nSPS) is 17.4. The summed E-state index contributed by atoms with van der Waals surface area (Å²) in [4.78, 5) is 12.3. The minimum Gasteiger partial charge on any atom is -0.351 e. The fraction of sp³-hybridized carbons (Fsp3) is 0.533. The van der Waals surface area contributed by atoms with Crippen molar-refractivity contribution in [2.45, 2.75) is 37.4 Å². The number of benzene rings is 1. The van der Waals surface area contributed by atoms with Gasteiger partial charge in [0.05, 0.1) is 0 Å². The van der Waals surface area contributed by atoms with Gasteiger partial charge in [-0.05, 0) is 43.7 Å². The predicted octanol–water partition coefficient (Wildman–Crippen LogP) is 4.16. The highest BCUT2D eigenvalue weighted by molar-refractivity contribution is 9.10. The highest BCUT2D eigenvalue weighted by Crippen LogP contribution is 2.39. The zero-order valence-electron chi connectivity index (χ0n) is 11.5. The van der Waals surface area contributed by atoms with Crippen LogP contribution < -0.4 is 5.32 Å². The number of thioether (sulfide) groups is 1. The Balaban J connectivity index is 2.03. The molecule has 2 nitrogen and oxygen atoms in total. The molecule has 0 unspecified atom stereocenters. The summed E-state index contributed by atoms with van der Waals surface area (Å²) in [6.45, 7) is 2.75. The lowest BCUT2D eigenvalue weighted by molar-refractivity contribution is 0.0949. The van der Waals surface area contributed by atoms with Crippen LogP contribution in [0.25, 0.3) is 0 Å². The maximum absolute atomic E-state index is 12.3. The molecule has 0 atom stereocenters. The van der Waals surface area contributed by atoms with E-state index in [9.17, 15) is 4.79 Å². The molecular formula is C15H20BrNOS. The van der Waals surface area contributed by atoms with E-state index in [2.05, 4.69) is 27.5 Å².